The number of hydrogen-bond acceptors (Lipinski definition) is 3. The van der Waals surface area contributed by atoms with Gasteiger partial charge in [-0.25, -0.2) is 4.98 Å². The molecule has 2 heterocycles. The highest BCUT2D eigenvalue weighted by molar-refractivity contribution is 5.75. The van der Waals surface area contributed by atoms with Gasteiger partial charge < -0.3 is 9.72 Å². The maximum atomic E-state index is 12.4. The van der Waals surface area contributed by atoms with E-state index >= 15 is 0 Å². The van der Waals surface area contributed by atoms with Crippen LogP contribution in [0.2, 0.25) is 0 Å². The van der Waals surface area contributed by atoms with E-state index < -0.39 is 0 Å². The van der Waals surface area contributed by atoms with E-state index in [-0.39, 0.29) is 5.56 Å². The standard InChI is InChI=1S/C14H16N4O2/c1-9-10(7-8-20-2)13(19)18(17-9)14-15-11-5-3-4-6-12(11)16-14/h3-6,17H,7-8H2,1-2H3,(H,15,16). The van der Waals surface area contributed by atoms with Crippen molar-refractivity contribution in [1.82, 2.24) is 19.7 Å². The molecule has 20 heavy (non-hydrogen) atoms. The van der Waals surface area contributed by atoms with Gasteiger partial charge >= 0.3 is 0 Å². The molecule has 0 spiro atoms. The summed E-state index contributed by atoms with van der Waals surface area (Å²) in [5.41, 5.74) is 3.22. The van der Waals surface area contributed by atoms with E-state index in [0.717, 1.165) is 22.3 Å². The van der Waals surface area contributed by atoms with Crippen molar-refractivity contribution in [2.24, 2.45) is 0 Å². The topological polar surface area (TPSA) is 75.7 Å². The monoisotopic (exact) mass is 272 g/mol. The molecule has 0 aliphatic rings. The number of benzene rings is 1. The number of aryl methyl sites for hydroxylation is 1. The van der Waals surface area contributed by atoms with Crippen LogP contribution in [0.4, 0.5) is 0 Å². The lowest BCUT2D eigenvalue weighted by molar-refractivity contribution is 0.202. The minimum atomic E-state index is -0.0846. The minimum absolute atomic E-state index is 0.0846. The Kier molecular flexibility index (Phi) is 3.15. The van der Waals surface area contributed by atoms with Gasteiger partial charge in [0.05, 0.1) is 17.6 Å². The maximum Gasteiger partial charge on any atom is 0.277 e. The number of H-pyrrole nitrogens is 2. The van der Waals surface area contributed by atoms with Crippen molar-refractivity contribution < 1.29 is 4.74 Å². The Labute approximate surface area is 115 Å². The summed E-state index contributed by atoms with van der Waals surface area (Å²) in [5.74, 6) is 0.503. The first kappa shape index (κ1) is 12.7. The number of ether oxygens (including phenoxy) is 1. The number of nitrogens with one attached hydrogen (secondary N) is 2. The molecule has 0 unspecified atom stereocenters. The maximum absolute atomic E-state index is 12.4. The molecular weight excluding hydrogens is 256 g/mol. The van der Waals surface area contributed by atoms with E-state index in [1.165, 1.54) is 4.68 Å². The average Bonchev–Trinajstić information content (AvgIpc) is 2.98. The second-order valence-electron chi connectivity index (χ2n) is 4.68. The Morgan fingerprint density at radius 3 is 2.90 bits per heavy atom. The molecule has 2 N–H and O–H groups in total. The van der Waals surface area contributed by atoms with Crippen molar-refractivity contribution in [2.45, 2.75) is 13.3 Å². The molecule has 0 fully saturated rings. The summed E-state index contributed by atoms with van der Waals surface area (Å²) in [6.07, 6.45) is 0.588. The third kappa shape index (κ3) is 2.04. The van der Waals surface area contributed by atoms with Gasteiger partial charge in [-0.1, -0.05) is 12.1 Å². The lowest BCUT2D eigenvalue weighted by atomic mass is 10.2. The van der Waals surface area contributed by atoms with Gasteiger partial charge in [0.25, 0.3) is 5.56 Å². The van der Waals surface area contributed by atoms with Crippen LogP contribution >= 0.6 is 0 Å². The van der Waals surface area contributed by atoms with Crippen LogP contribution in [-0.4, -0.2) is 33.5 Å². The van der Waals surface area contributed by atoms with Gasteiger partial charge in [0.1, 0.15) is 0 Å². The van der Waals surface area contributed by atoms with E-state index in [2.05, 4.69) is 15.1 Å². The van der Waals surface area contributed by atoms with Crippen molar-refractivity contribution in [3.8, 4) is 5.95 Å². The predicted octanol–water partition coefficient (Wildman–Crippen LogP) is 1.54. The molecule has 0 aliphatic carbocycles. The largest absolute Gasteiger partial charge is 0.384 e. The third-order valence-electron chi connectivity index (χ3n) is 3.34. The fourth-order valence-electron chi connectivity index (χ4n) is 2.27. The van der Waals surface area contributed by atoms with Crippen LogP contribution in [0, 0.1) is 6.92 Å². The van der Waals surface area contributed by atoms with Gasteiger partial charge in [0.2, 0.25) is 5.95 Å². The van der Waals surface area contributed by atoms with Crippen LogP contribution in [0.15, 0.2) is 29.1 Å². The minimum Gasteiger partial charge on any atom is -0.384 e. The van der Waals surface area contributed by atoms with Crippen molar-refractivity contribution >= 4 is 11.0 Å². The van der Waals surface area contributed by atoms with Crippen LogP contribution in [0.1, 0.15) is 11.3 Å². The molecular formula is C14H16N4O2. The first-order valence-electron chi connectivity index (χ1n) is 6.45. The molecule has 3 rings (SSSR count). The number of rotatable bonds is 4. The van der Waals surface area contributed by atoms with Gasteiger partial charge in [-0.2, -0.15) is 4.68 Å². The highest BCUT2D eigenvalue weighted by atomic mass is 16.5. The first-order valence-corrected chi connectivity index (χ1v) is 6.45. The van der Waals surface area contributed by atoms with Gasteiger partial charge in [0.15, 0.2) is 0 Å². The normalized spacial score (nSPS) is 11.3. The fraction of sp³-hybridized carbons (Fsp3) is 0.286. The van der Waals surface area contributed by atoms with Crippen LogP contribution in [-0.2, 0) is 11.2 Å². The number of aromatic nitrogens is 4. The highest BCUT2D eigenvalue weighted by Crippen LogP contribution is 2.12. The second kappa shape index (κ2) is 4.97. The Morgan fingerprint density at radius 2 is 2.15 bits per heavy atom. The molecule has 0 saturated carbocycles. The Balaban J connectivity index is 2.08. The summed E-state index contributed by atoms with van der Waals surface area (Å²) >= 11 is 0. The molecule has 0 atom stereocenters. The molecule has 0 bridgehead atoms. The zero-order chi connectivity index (χ0) is 14.1. The summed E-state index contributed by atoms with van der Waals surface area (Å²) in [4.78, 5) is 20.0. The molecule has 6 nitrogen and oxygen atoms in total. The number of hydrogen-bond donors (Lipinski definition) is 2. The molecule has 0 amide bonds. The fourth-order valence-corrected chi connectivity index (χ4v) is 2.27. The lowest BCUT2D eigenvalue weighted by Crippen LogP contribution is -2.19. The number of para-hydroxylation sites is 2. The van der Waals surface area contributed by atoms with Crippen LogP contribution in [0.3, 0.4) is 0 Å². The van der Waals surface area contributed by atoms with Crippen molar-refractivity contribution in [3.63, 3.8) is 0 Å². The van der Waals surface area contributed by atoms with E-state index in [0.29, 0.717) is 19.0 Å². The number of imidazole rings is 1. The zero-order valence-corrected chi connectivity index (χ0v) is 11.4. The Bertz CT molecular complexity index is 764. The van der Waals surface area contributed by atoms with Crippen LogP contribution in [0.25, 0.3) is 17.0 Å². The van der Waals surface area contributed by atoms with Crippen molar-refractivity contribution in [3.05, 3.63) is 45.9 Å². The quantitative estimate of drug-likeness (QED) is 0.756. The molecule has 3 aromatic rings. The summed E-state index contributed by atoms with van der Waals surface area (Å²) < 4.78 is 6.48. The highest BCUT2D eigenvalue weighted by Gasteiger charge is 2.14. The van der Waals surface area contributed by atoms with Gasteiger partial charge in [-0.05, 0) is 19.1 Å². The SMILES string of the molecule is COCCc1c(C)[nH]n(-c2nc3ccccc3[nH]2)c1=O. The van der Waals surface area contributed by atoms with Crippen molar-refractivity contribution in [2.75, 3.05) is 13.7 Å². The smallest absolute Gasteiger partial charge is 0.277 e. The van der Waals surface area contributed by atoms with Crippen LogP contribution in [0.5, 0.6) is 0 Å². The van der Waals surface area contributed by atoms with E-state index in [4.69, 9.17) is 4.74 Å². The number of nitrogens with zero attached hydrogens (tertiary/aromatic N) is 2. The van der Waals surface area contributed by atoms with E-state index in [1.807, 2.05) is 31.2 Å². The summed E-state index contributed by atoms with van der Waals surface area (Å²) in [7, 11) is 1.62. The number of fused-ring (bicyclic) bond motifs is 1. The Hall–Kier alpha value is -2.34. The van der Waals surface area contributed by atoms with Gasteiger partial charge in [-0.15, -0.1) is 0 Å². The zero-order valence-electron chi connectivity index (χ0n) is 11.4. The first-order chi connectivity index (χ1) is 9.70. The summed E-state index contributed by atoms with van der Waals surface area (Å²) in [5, 5.41) is 3.05. The third-order valence-corrected chi connectivity index (χ3v) is 3.34. The molecule has 0 saturated heterocycles. The summed E-state index contributed by atoms with van der Waals surface area (Å²) in [6.45, 7) is 2.40. The molecule has 2 aromatic heterocycles. The Morgan fingerprint density at radius 1 is 1.35 bits per heavy atom. The number of methoxy groups -OCH3 is 1. The molecule has 104 valence electrons. The van der Waals surface area contributed by atoms with Gasteiger partial charge in [-0.3, -0.25) is 9.89 Å². The van der Waals surface area contributed by atoms with E-state index in [1.54, 1.807) is 7.11 Å². The second-order valence-corrected chi connectivity index (χ2v) is 4.68. The molecule has 1 aromatic carbocycles. The molecule has 0 aliphatic heterocycles. The molecule has 0 radical (unpaired) electrons. The van der Waals surface area contributed by atoms with Crippen LogP contribution < -0.4 is 5.56 Å². The van der Waals surface area contributed by atoms with Gasteiger partial charge in [0, 0.05) is 24.8 Å². The predicted molar refractivity (Wildman–Crippen MR) is 76.4 cm³/mol. The van der Waals surface area contributed by atoms with E-state index in [9.17, 15) is 4.79 Å². The molecule has 6 heteroatoms. The van der Waals surface area contributed by atoms with Crippen molar-refractivity contribution in [1.29, 1.82) is 0 Å². The summed E-state index contributed by atoms with van der Waals surface area (Å²) in [6, 6.07) is 7.68. The lowest BCUT2D eigenvalue weighted by Gasteiger charge is -1.95. The average molecular weight is 272 g/mol. The number of aromatic amines is 2.